The van der Waals surface area contributed by atoms with E-state index in [0.717, 1.165) is 33.3 Å². The molecule has 0 spiro atoms. The van der Waals surface area contributed by atoms with Crippen LogP contribution in [0.25, 0.3) is 10.9 Å². The molecule has 33 heavy (non-hydrogen) atoms. The molecule has 1 atom stereocenters. The molecule has 0 amide bonds. The van der Waals surface area contributed by atoms with Gasteiger partial charge in [-0.1, -0.05) is 42.5 Å². The Bertz CT molecular complexity index is 1230. The van der Waals surface area contributed by atoms with E-state index in [-0.39, 0.29) is 0 Å². The summed E-state index contributed by atoms with van der Waals surface area (Å²) in [5.74, 6) is 2.03. The Morgan fingerprint density at radius 1 is 0.970 bits per heavy atom. The first-order chi connectivity index (χ1) is 16.1. The van der Waals surface area contributed by atoms with Crippen molar-refractivity contribution < 1.29 is 19.3 Å². The van der Waals surface area contributed by atoms with E-state index in [9.17, 15) is 5.11 Å². The Kier molecular flexibility index (Phi) is 7.01. The van der Waals surface area contributed by atoms with E-state index in [1.54, 1.807) is 14.2 Å². The van der Waals surface area contributed by atoms with Gasteiger partial charge >= 0.3 is 0 Å². The van der Waals surface area contributed by atoms with Gasteiger partial charge in [-0.25, -0.2) is 0 Å². The number of ether oxygens (including phenoxy) is 3. The molecule has 1 N–H and O–H groups in total. The zero-order chi connectivity index (χ0) is 23.2. The van der Waals surface area contributed by atoms with Gasteiger partial charge in [-0.15, -0.1) is 6.58 Å². The Labute approximate surface area is 194 Å². The van der Waals surface area contributed by atoms with Crippen LogP contribution >= 0.6 is 0 Å². The van der Waals surface area contributed by atoms with Crippen molar-refractivity contribution in [1.29, 1.82) is 0 Å². The summed E-state index contributed by atoms with van der Waals surface area (Å²) in [6.45, 7) is 5.00. The summed E-state index contributed by atoms with van der Waals surface area (Å²) in [7, 11) is 3.26. The van der Waals surface area contributed by atoms with Gasteiger partial charge in [-0.2, -0.15) is 0 Å². The lowest BCUT2D eigenvalue weighted by Crippen LogP contribution is -2.03. The first kappa shape index (κ1) is 22.5. The van der Waals surface area contributed by atoms with E-state index in [1.807, 2.05) is 72.8 Å². The minimum absolute atomic E-state index is 0.448. The monoisotopic (exact) mass is 443 g/mol. The van der Waals surface area contributed by atoms with Crippen molar-refractivity contribution in [3.8, 4) is 17.2 Å². The van der Waals surface area contributed by atoms with Gasteiger partial charge in [0.05, 0.1) is 20.3 Å². The Morgan fingerprint density at radius 2 is 1.79 bits per heavy atom. The van der Waals surface area contributed by atoms with E-state index in [0.29, 0.717) is 31.1 Å². The number of aliphatic hydroxyl groups excluding tert-OH is 1. The molecule has 170 valence electrons. The molecule has 0 aliphatic heterocycles. The fourth-order valence-electron chi connectivity index (χ4n) is 4.00. The maximum atomic E-state index is 11.1. The highest BCUT2D eigenvalue weighted by atomic mass is 16.5. The summed E-state index contributed by atoms with van der Waals surface area (Å²) in [5.41, 5.74) is 3.98. The number of hydrogen-bond acceptors (Lipinski definition) is 4. The summed E-state index contributed by atoms with van der Waals surface area (Å²) in [6.07, 6.45) is 3.70. The first-order valence-corrected chi connectivity index (χ1v) is 10.9. The molecule has 1 unspecified atom stereocenters. The van der Waals surface area contributed by atoms with Crippen LogP contribution in [0.15, 0.2) is 85.6 Å². The van der Waals surface area contributed by atoms with E-state index in [4.69, 9.17) is 14.2 Å². The van der Waals surface area contributed by atoms with Crippen molar-refractivity contribution in [3.05, 3.63) is 102 Å². The Balaban J connectivity index is 1.56. The average molecular weight is 444 g/mol. The Hall–Kier alpha value is -3.70. The van der Waals surface area contributed by atoms with Gasteiger partial charge in [0, 0.05) is 30.1 Å². The third-order valence-corrected chi connectivity index (χ3v) is 5.72. The van der Waals surface area contributed by atoms with Gasteiger partial charge in [0.1, 0.15) is 12.4 Å². The summed E-state index contributed by atoms with van der Waals surface area (Å²) < 4.78 is 19.0. The number of aromatic nitrogens is 1. The maximum absolute atomic E-state index is 11.1. The molecule has 1 aromatic heterocycles. The third kappa shape index (κ3) is 5.04. The van der Waals surface area contributed by atoms with Gasteiger partial charge in [0.15, 0.2) is 11.5 Å². The van der Waals surface area contributed by atoms with Gasteiger partial charge in [-0.05, 0) is 47.0 Å². The predicted octanol–water partition coefficient (Wildman–Crippen LogP) is 5.70. The van der Waals surface area contributed by atoms with Crippen LogP contribution < -0.4 is 14.2 Å². The largest absolute Gasteiger partial charge is 0.497 e. The fraction of sp³-hybridized carbons (Fsp3) is 0.214. The zero-order valence-corrected chi connectivity index (χ0v) is 19.0. The van der Waals surface area contributed by atoms with Crippen molar-refractivity contribution in [2.45, 2.75) is 25.7 Å². The standard InChI is InChI=1S/C28H29NO4/c1-4-14-29-18-22(24-17-23(31-2)11-12-25(24)29)15-26(30)21-10-13-27(28(16-21)32-3)33-19-20-8-6-5-7-9-20/h4-13,16-18,26,30H,1,14-15,19H2,2-3H3. The van der Waals surface area contributed by atoms with Crippen LogP contribution in [0.5, 0.6) is 17.2 Å². The van der Waals surface area contributed by atoms with E-state index in [1.165, 1.54) is 0 Å². The number of nitrogens with zero attached hydrogens (tertiary/aromatic N) is 1. The predicted molar refractivity (Wildman–Crippen MR) is 131 cm³/mol. The average Bonchev–Trinajstić information content (AvgIpc) is 3.19. The molecule has 4 rings (SSSR count). The SMILES string of the molecule is C=CCn1cc(CC(O)c2ccc(OCc3ccccc3)c(OC)c2)c2cc(OC)ccc21. The number of hydrogen-bond donors (Lipinski definition) is 1. The fourth-order valence-corrected chi connectivity index (χ4v) is 4.00. The van der Waals surface area contributed by atoms with Crippen LogP contribution in [-0.4, -0.2) is 23.9 Å². The maximum Gasteiger partial charge on any atom is 0.161 e. The van der Waals surface area contributed by atoms with Crippen molar-refractivity contribution in [1.82, 2.24) is 4.57 Å². The molecule has 5 nitrogen and oxygen atoms in total. The highest BCUT2D eigenvalue weighted by Gasteiger charge is 2.17. The molecular formula is C28H29NO4. The topological polar surface area (TPSA) is 52.9 Å². The molecule has 0 aliphatic carbocycles. The second-order valence-electron chi connectivity index (χ2n) is 7.88. The van der Waals surface area contributed by atoms with Crippen LogP contribution in [0.3, 0.4) is 0 Å². The lowest BCUT2D eigenvalue weighted by Gasteiger charge is -2.15. The lowest BCUT2D eigenvalue weighted by molar-refractivity contribution is 0.178. The quantitative estimate of drug-likeness (QED) is 0.320. The van der Waals surface area contributed by atoms with Crippen molar-refractivity contribution in [2.24, 2.45) is 0 Å². The van der Waals surface area contributed by atoms with Gasteiger partial charge < -0.3 is 23.9 Å². The molecule has 4 aromatic rings. The molecule has 0 saturated carbocycles. The summed E-state index contributed by atoms with van der Waals surface area (Å²) >= 11 is 0. The van der Waals surface area contributed by atoms with Gasteiger partial charge in [-0.3, -0.25) is 0 Å². The molecule has 3 aromatic carbocycles. The number of aliphatic hydroxyl groups is 1. The number of benzene rings is 3. The van der Waals surface area contributed by atoms with Crippen molar-refractivity contribution in [2.75, 3.05) is 14.2 Å². The smallest absolute Gasteiger partial charge is 0.161 e. The second-order valence-corrected chi connectivity index (χ2v) is 7.88. The highest BCUT2D eigenvalue weighted by molar-refractivity contribution is 5.85. The molecule has 0 saturated heterocycles. The number of fused-ring (bicyclic) bond motifs is 1. The van der Waals surface area contributed by atoms with Gasteiger partial charge in [0.25, 0.3) is 0 Å². The normalized spacial score (nSPS) is 11.8. The molecule has 1 heterocycles. The van der Waals surface area contributed by atoms with Crippen LogP contribution in [0.4, 0.5) is 0 Å². The van der Waals surface area contributed by atoms with Crippen LogP contribution in [0.2, 0.25) is 0 Å². The van der Waals surface area contributed by atoms with E-state index in [2.05, 4.69) is 17.3 Å². The molecule has 0 bridgehead atoms. The summed E-state index contributed by atoms with van der Waals surface area (Å²) in [6, 6.07) is 21.6. The molecule has 0 fully saturated rings. The van der Waals surface area contributed by atoms with Crippen LogP contribution in [-0.2, 0) is 19.6 Å². The summed E-state index contributed by atoms with van der Waals surface area (Å²) in [5, 5.41) is 12.1. The molecular weight excluding hydrogens is 414 g/mol. The number of rotatable bonds is 10. The van der Waals surface area contributed by atoms with Crippen LogP contribution in [0, 0.1) is 0 Å². The Morgan fingerprint density at radius 3 is 2.52 bits per heavy atom. The highest BCUT2D eigenvalue weighted by Crippen LogP contribution is 2.34. The number of methoxy groups -OCH3 is 2. The van der Waals surface area contributed by atoms with Gasteiger partial charge in [0.2, 0.25) is 0 Å². The minimum Gasteiger partial charge on any atom is -0.497 e. The van der Waals surface area contributed by atoms with Crippen LogP contribution in [0.1, 0.15) is 22.8 Å². The number of allylic oxidation sites excluding steroid dienone is 1. The zero-order valence-electron chi connectivity index (χ0n) is 19.0. The molecule has 0 aliphatic rings. The third-order valence-electron chi connectivity index (χ3n) is 5.72. The van der Waals surface area contributed by atoms with Crippen molar-refractivity contribution in [3.63, 3.8) is 0 Å². The van der Waals surface area contributed by atoms with Crippen molar-refractivity contribution >= 4 is 10.9 Å². The lowest BCUT2D eigenvalue weighted by atomic mass is 10.0. The first-order valence-electron chi connectivity index (χ1n) is 10.9. The molecule has 0 radical (unpaired) electrons. The second kappa shape index (κ2) is 10.3. The van der Waals surface area contributed by atoms with E-state index >= 15 is 0 Å². The molecule has 5 heteroatoms. The summed E-state index contributed by atoms with van der Waals surface area (Å²) in [4.78, 5) is 0. The minimum atomic E-state index is -0.698. The van der Waals surface area contributed by atoms with E-state index < -0.39 is 6.10 Å².